The Labute approximate surface area is 68.1 Å². The summed E-state index contributed by atoms with van der Waals surface area (Å²) in [6.07, 6.45) is 1.36. The van der Waals surface area contributed by atoms with Gasteiger partial charge in [-0.3, -0.25) is 4.79 Å². The average molecular weight is 165 g/mol. The molecule has 0 aliphatic carbocycles. The monoisotopic (exact) mass is 165 g/mol. The fourth-order valence-electron chi connectivity index (χ4n) is 0.826. The molecule has 0 heterocycles. The minimum atomic E-state index is -1.26. The molecule has 1 radical (unpaired) electrons. The van der Waals surface area contributed by atoms with Gasteiger partial charge >= 0.3 is 5.97 Å². The minimum absolute atomic E-state index is 0.245. The van der Waals surface area contributed by atoms with Crippen LogP contribution in [0.3, 0.4) is 0 Å². The van der Waals surface area contributed by atoms with Gasteiger partial charge in [0.1, 0.15) is 5.75 Å². The maximum absolute atomic E-state index is 10.4. The van der Waals surface area contributed by atoms with E-state index < -0.39 is 5.97 Å². The third-order valence-corrected chi connectivity index (χ3v) is 1.37. The first kappa shape index (κ1) is 8.26. The first-order valence-electron chi connectivity index (χ1n) is 3.10. The highest BCUT2D eigenvalue weighted by Crippen LogP contribution is 2.18. The van der Waals surface area contributed by atoms with Crippen LogP contribution in [0, 0.1) is 0 Å². The van der Waals surface area contributed by atoms with Gasteiger partial charge in [0.25, 0.3) is 0 Å². The van der Waals surface area contributed by atoms with Crippen molar-refractivity contribution < 1.29 is 19.8 Å². The van der Waals surface area contributed by atoms with Crippen LogP contribution < -0.4 is 0 Å². The molecule has 0 bridgehead atoms. The summed E-state index contributed by atoms with van der Waals surface area (Å²) < 4.78 is 0. The second-order valence-electron chi connectivity index (χ2n) is 2.11. The lowest BCUT2D eigenvalue weighted by Crippen LogP contribution is -2.01. The van der Waals surface area contributed by atoms with E-state index in [4.69, 9.17) is 10.2 Å². The highest BCUT2D eigenvalue weighted by Gasteiger charge is 2.12. The van der Waals surface area contributed by atoms with Crippen LogP contribution in [0.2, 0.25) is 0 Å². The molecule has 4 heteroatoms. The highest BCUT2D eigenvalue weighted by molar-refractivity contribution is 5.98. The van der Waals surface area contributed by atoms with Crippen molar-refractivity contribution in [2.45, 2.75) is 0 Å². The number of hydrogen-bond acceptors (Lipinski definition) is 3. The molecule has 0 spiro atoms. The summed E-state index contributed by atoms with van der Waals surface area (Å²) in [7, 11) is 0. The fraction of sp³-hybridized carbons (Fsp3) is 0. The number of carboxylic acids is 1. The molecule has 0 saturated heterocycles. The number of hydrogen-bond donors (Lipinski definition) is 2. The summed E-state index contributed by atoms with van der Waals surface area (Å²) in [5.41, 5.74) is -0.560. The zero-order valence-electron chi connectivity index (χ0n) is 5.94. The normalized spacial score (nSPS) is 9.33. The van der Waals surface area contributed by atoms with Crippen molar-refractivity contribution in [3.8, 4) is 5.75 Å². The van der Waals surface area contributed by atoms with Crippen molar-refractivity contribution >= 4 is 12.3 Å². The molecule has 0 aliphatic heterocycles. The lowest BCUT2D eigenvalue weighted by atomic mass is 10.1. The van der Waals surface area contributed by atoms with Crippen LogP contribution in [0.4, 0.5) is 0 Å². The zero-order chi connectivity index (χ0) is 9.14. The molecule has 1 rings (SSSR count). The molecule has 0 fully saturated rings. The largest absolute Gasteiger partial charge is 0.507 e. The van der Waals surface area contributed by atoms with Gasteiger partial charge in [0.15, 0.2) is 0 Å². The van der Waals surface area contributed by atoms with Gasteiger partial charge in [-0.05, 0) is 12.1 Å². The van der Waals surface area contributed by atoms with Gasteiger partial charge in [-0.25, -0.2) is 4.79 Å². The lowest BCUT2D eigenvalue weighted by Gasteiger charge is -1.99. The molecule has 2 N–H and O–H groups in total. The van der Waals surface area contributed by atoms with Gasteiger partial charge in [0, 0.05) is 0 Å². The molecule has 0 aliphatic rings. The van der Waals surface area contributed by atoms with Gasteiger partial charge < -0.3 is 10.2 Å². The van der Waals surface area contributed by atoms with E-state index in [0.717, 1.165) is 0 Å². The zero-order valence-corrected chi connectivity index (χ0v) is 5.94. The Hall–Kier alpha value is -1.84. The number of rotatable bonds is 2. The van der Waals surface area contributed by atoms with Gasteiger partial charge in [-0.15, -0.1) is 0 Å². The molecule has 12 heavy (non-hydrogen) atoms. The molecule has 0 amide bonds. The van der Waals surface area contributed by atoms with E-state index in [-0.39, 0.29) is 16.9 Å². The Bertz CT molecular complexity index is 330. The molecule has 1 aromatic carbocycles. The Morgan fingerprint density at radius 2 is 2.08 bits per heavy atom. The second-order valence-corrected chi connectivity index (χ2v) is 2.11. The standard InChI is InChI=1S/C8H5O4/c9-4-6-5(8(11)12)2-1-3-7(6)10/h1-3,10H,(H,11,12). The summed E-state index contributed by atoms with van der Waals surface area (Å²) >= 11 is 0. The number of phenolic OH excluding ortho intramolecular Hbond substituents is 1. The Kier molecular flexibility index (Phi) is 2.09. The van der Waals surface area contributed by atoms with Crippen LogP contribution in [-0.4, -0.2) is 22.5 Å². The first-order chi connectivity index (χ1) is 5.66. The Balaban J connectivity index is 3.37. The molecular formula is C8H5O4. The summed E-state index contributed by atoms with van der Waals surface area (Å²) in [4.78, 5) is 20.6. The predicted octanol–water partition coefficient (Wildman–Crippen LogP) is 0.548. The van der Waals surface area contributed by atoms with Crippen LogP contribution in [0.25, 0.3) is 0 Å². The van der Waals surface area contributed by atoms with Gasteiger partial charge in [-0.2, -0.15) is 0 Å². The van der Waals surface area contributed by atoms with E-state index in [1.54, 1.807) is 0 Å². The highest BCUT2D eigenvalue weighted by atomic mass is 16.4. The number of carbonyl (C=O) groups excluding carboxylic acids is 1. The number of carboxylic acid groups (broad SMARTS) is 1. The van der Waals surface area contributed by atoms with Crippen molar-refractivity contribution in [2.24, 2.45) is 0 Å². The van der Waals surface area contributed by atoms with Gasteiger partial charge in [-0.1, -0.05) is 6.07 Å². The third kappa shape index (κ3) is 1.27. The minimum Gasteiger partial charge on any atom is -0.507 e. The SMILES string of the molecule is O=[C]c1c(O)cccc1C(=O)O. The smallest absolute Gasteiger partial charge is 0.336 e. The number of carbonyl (C=O) groups is 1. The quantitative estimate of drug-likeness (QED) is 0.670. The van der Waals surface area contributed by atoms with Crippen LogP contribution in [-0.2, 0) is 4.79 Å². The van der Waals surface area contributed by atoms with E-state index in [0.29, 0.717) is 0 Å². The second kappa shape index (κ2) is 3.04. The fourth-order valence-corrected chi connectivity index (χ4v) is 0.826. The van der Waals surface area contributed by atoms with Gasteiger partial charge in [0.05, 0.1) is 11.1 Å². The predicted molar refractivity (Wildman–Crippen MR) is 39.9 cm³/mol. The average Bonchev–Trinajstić information content (AvgIpc) is 2.03. The van der Waals surface area contributed by atoms with Crippen molar-refractivity contribution in [1.82, 2.24) is 0 Å². The van der Waals surface area contributed by atoms with E-state index in [1.807, 2.05) is 0 Å². The van der Waals surface area contributed by atoms with Crippen LogP contribution in [0.5, 0.6) is 5.75 Å². The van der Waals surface area contributed by atoms with E-state index in [9.17, 15) is 9.59 Å². The third-order valence-electron chi connectivity index (χ3n) is 1.37. The summed E-state index contributed by atoms with van der Waals surface area (Å²) in [6, 6.07) is 3.80. The van der Waals surface area contributed by atoms with Crippen molar-refractivity contribution in [1.29, 1.82) is 0 Å². The van der Waals surface area contributed by atoms with Crippen molar-refractivity contribution in [3.05, 3.63) is 29.3 Å². The lowest BCUT2D eigenvalue weighted by molar-refractivity contribution is 0.0696. The molecule has 1 aromatic rings. The Morgan fingerprint density at radius 1 is 1.42 bits per heavy atom. The molecule has 0 aromatic heterocycles. The van der Waals surface area contributed by atoms with E-state index >= 15 is 0 Å². The number of phenols is 1. The van der Waals surface area contributed by atoms with Crippen molar-refractivity contribution in [3.63, 3.8) is 0 Å². The molecule has 4 nitrogen and oxygen atoms in total. The van der Waals surface area contributed by atoms with Crippen LogP contribution >= 0.6 is 0 Å². The molecule has 0 unspecified atom stereocenters. The van der Waals surface area contributed by atoms with E-state index in [1.165, 1.54) is 24.5 Å². The topological polar surface area (TPSA) is 74.6 Å². The molecule has 0 saturated carbocycles. The maximum Gasteiger partial charge on any atom is 0.336 e. The van der Waals surface area contributed by atoms with E-state index in [2.05, 4.69) is 0 Å². The Morgan fingerprint density at radius 3 is 2.50 bits per heavy atom. The van der Waals surface area contributed by atoms with Gasteiger partial charge in [0.2, 0.25) is 6.29 Å². The van der Waals surface area contributed by atoms with Crippen LogP contribution in [0.15, 0.2) is 18.2 Å². The number of aromatic carboxylic acids is 1. The first-order valence-corrected chi connectivity index (χ1v) is 3.10. The maximum atomic E-state index is 10.4. The molecule has 0 atom stereocenters. The number of benzene rings is 1. The van der Waals surface area contributed by atoms with Crippen molar-refractivity contribution in [2.75, 3.05) is 0 Å². The summed E-state index contributed by atoms with van der Waals surface area (Å²) in [6.45, 7) is 0. The molecular weight excluding hydrogens is 160 g/mol. The summed E-state index contributed by atoms with van der Waals surface area (Å²) in [5, 5.41) is 17.5. The number of aromatic hydroxyl groups is 1. The summed E-state index contributed by atoms with van der Waals surface area (Å²) in [5.74, 6) is -1.63. The van der Waals surface area contributed by atoms with Crippen LogP contribution in [0.1, 0.15) is 15.9 Å². The molecule has 61 valence electrons.